The van der Waals surface area contributed by atoms with Gasteiger partial charge in [0, 0.05) is 0 Å². The molecule has 0 fully saturated rings. The lowest BCUT2D eigenvalue weighted by molar-refractivity contribution is 0.225. The molecular formula is C15H15BrO2. The van der Waals surface area contributed by atoms with E-state index in [0.29, 0.717) is 0 Å². The summed E-state index contributed by atoms with van der Waals surface area (Å²) in [6, 6.07) is 15.8. The van der Waals surface area contributed by atoms with E-state index in [-0.39, 0.29) is 6.10 Å². The molecule has 2 rings (SSSR count). The van der Waals surface area contributed by atoms with Gasteiger partial charge in [-0.15, -0.1) is 0 Å². The summed E-state index contributed by atoms with van der Waals surface area (Å²) in [6.07, 6.45) is 0.0101. The highest BCUT2D eigenvalue weighted by atomic mass is 79.9. The van der Waals surface area contributed by atoms with Crippen molar-refractivity contribution in [2.75, 3.05) is 7.11 Å². The number of methoxy groups -OCH3 is 1. The fourth-order valence-electron chi connectivity index (χ4n) is 1.69. The Labute approximate surface area is 116 Å². The average molecular weight is 307 g/mol. The van der Waals surface area contributed by atoms with Crippen molar-refractivity contribution < 1.29 is 9.47 Å². The van der Waals surface area contributed by atoms with Gasteiger partial charge in [-0.1, -0.05) is 30.3 Å². The van der Waals surface area contributed by atoms with Crippen molar-refractivity contribution in [2.45, 2.75) is 13.0 Å². The summed E-state index contributed by atoms with van der Waals surface area (Å²) in [4.78, 5) is 0. The Balaban J connectivity index is 2.14. The first kappa shape index (κ1) is 13.0. The third-order valence-corrected chi connectivity index (χ3v) is 3.33. The van der Waals surface area contributed by atoms with Crippen LogP contribution in [0.15, 0.2) is 53.0 Å². The van der Waals surface area contributed by atoms with Gasteiger partial charge in [-0.25, -0.2) is 0 Å². The molecule has 0 amide bonds. The molecule has 3 heteroatoms. The molecule has 1 unspecified atom stereocenters. The van der Waals surface area contributed by atoms with E-state index in [4.69, 9.17) is 9.47 Å². The lowest BCUT2D eigenvalue weighted by atomic mass is 10.1. The van der Waals surface area contributed by atoms with Gasteiger partial charge in [-0.3, -0.25) is 0 Å². The summed E-state index contributed by atoms with van der Waals surface area (Å²) in [7, 11) is 1.65. The minimum atomic E-state index is 0.0101. The first-order valence-corrected chi connectivity index (χ1v) is 6.55. The van der Waals surface area contributed by atoms with Gasteiger partial charge < -0.3 is 9.47 Å². The van der Waals surface area contributed by atoms with Crippen molar-refractivity contribution in [1.82, 2.24) is 0 Å². The van der Waals surface area contributed by atoms with E-state index < -0.39 is 0 Å². The molecule has 0 spiro atoms. The highest BCUT2D eigenvalue weighted by Gasteiger charge is 2.09. The Hall–Kier alpha value is -1.48. The van der Waals surface area contributed by atoms with Gasteiger partial charge in [-0.05, 0) is 46.6 Å². The zero-order chi connectivity index (χ0) is 13.0. The van der Waals surface area contributed by atoms with E-state index >= 15 is 0 Å². The second-order valence-electron chi connectivity index (χ2n) is 3.97. The van der Waals surface area contributed by atoms with Crippen LogP contribution in [-0.2, 0) is 0 Å². The van der Waals surface area contributed by atoms with Crippen molar-refractivity contribution in [3.63, 3.8) is 0 Å². The van der Waals surface area contributed by atoms with E-state index in [2.05, 4.69) is 28.1 Å². The predicted molar refractivity (Wildman–Crippen MR) is 76.2 cm³/mol. The summed E-state index contributed by atoms with van der Waals surface area (Å²) < 4.78 is 12.0. The van der Waals surface area contributed by atoms with Gasteiger partial charge in [0.1, 0.15) is 17.6 Å². The third kappa shape index (κ3) is 3.05. The second kappa shape index (κ2) is 5.91. The summed E-state index contributed by atoms with van der Waals surface area (Å²) in [5.74, 6) is 1.62. The van der Waals surface area contributed by atoms with Crippen LogP contribution in [0, 0.1) is 0 Å². The summed E-state index contributed by atoms with van der Waals surface area (Å²) >= 11 is 3.48. The Morgan fingerprint density at radius 1 is 1.06 bits per heavy atom. The molecule has 0 saturated carbocycles. The molecule has 94 valence electrons. The van der Waals surface area contributed by atoms with Crippen LogP contribution in [0.5, 0.6) is 11.5 Å². The van der Waals surface area contributed by atoms with Crippen LogP contribution in [-0.4, -0.2) is 7.11 Å². The highest BCUT2D eigenvalue weighted by Crippen LogP contribution is 2.32. The van der Waals surface area contributed by atoms with Crippen LogP contribution < -0.4 is 9.47 Å². The summed E-state index contributed by atoms with van der Waals surface area (Å²) in [5.41, 5.74) is 1.15. The SMILES string of the molecule is COc1ccc(OC(C)c2ccccc2)c(Br)c1. The smallest absolute Gasteiger partial charge is 0.134 e. The quantitative estimate of drug-likeness (QED) is 0.822. The van der Waals surface area contributed by atoms with Crippen LogP contribution in [0.1, 0.15) is 18.6 Å². The fraction of sp³-hybridized carbons (Fsp3) is 0.200. The molecule has 1 atom stereocenters. The number of hydrogen-bond donors (Lipinski definition) is 0. The van der Waals surface area contributed by atoms with E-state index in [9.17, 15) is 0 Å². The molecular weight excluding hydrogens is 292 g/mol. The number of ether oxygens (including phenoxy) is 2. The summed E-state index contributed by atoms with van der Waals surface area (Å²) in [6.45, 7) is 2.03. The Bertz CT molecular complexity index is 511. The van der Waals surface area contributed by atoms with Crippen molar-refractivity contribution in [3.8, 4) is 11.5 Å². The van der Waals surface area contributed by atoms with Crippen molar-refractivity contribution in [2.24, 2.45) is 0 Å². The van der Waals surface area contributed by atoms with Crippen molar-refractivity contribution in [1.29, 1.82) is 0 Å². The lowest BCUT2D eigenvalue weighted by Crippen LogP contribution is -2.03. The molecule has 0 heterocycles. The van der Waals surface area contributed by atoms with Crippen LogP contribution in [0.4, 0.5) is 0 Å². The predicted octanol–water partition coefficient (Wildman–Crippen LogP) is 4.60. The van der Waals surface area contributed by atoms with E-state index in [0.717, 1.165) is 21.5 Å². The third-order valence-electron chi connectivity index (χ3n) is 2.71. The summed E-state index contributed by atoms with van der Waals surface area (Å²) in [5, 5.41) is 0. The zero-order valence-corrected chi connectivity index (χ0v) is 12.0. The Morgan fingerprint density at radius 3 is 2.39 bits per heavy atom. The van der Waals surface area contributed by atoms with E-state index in [1.165, 1.54) is 0 Å². The Morgan fingerprint density at radius 2 is 1.78 bits per heavy atom. The minimum absolute atomic E-state index is 0.0101. The van der Waals surface area contributed by atoms with Gasteiger partial charge in [-0.2, -0.15) is 0 Å². The average Bonchev–Trinajstić information content (AvgIpc) is 2.42. The van der Waals surface area contributed by atoms with Crippen molar-refractivity contribution in [3.05, 3.63) is 58.6 Å². The van der Waals surface area contributed by atoms with Crippen LogP contribution >= 0.6 is 15.9 Å². The monoisotopic (exact) mass is 306 g/mol. The molecule has 0 aliphatic rings. The topological polar surface area (TPSA) is 18.5 Å². The number of benzene rings is 2. The zero-order valence-electron chi connectivity index (χ0n) is 10.4. The molecule has 0 bridgehead atoms. The second-order valence-corrected chi connectivity index (χ2v) is 4.82. The highest BCUT2D eigenvalue weighted by molar-refractivity contribution is 9.10. The molecule has 0 aliphatic heterocycles. The molecule has 0 saturated heterocycles. The maximum Gasteiger partial charge on any atom is 0.134 e. The first-order chi connectivity index (χ1) is 8.70. The lowest BCUT2D eigenvalue weighted by Gasteiger charge is -2.16. The van der Waals surface area contributed by atoms with Gasteiger partial charge in [0.2, 0.25) is 0 Å². The van der Waals surface area contributed by atoms with Gasteiger partial charge in [0.05, 0.1) is 11.6 Å². The van der Waals surface area contributed by atoms with E-state index in [1.807, 2.05) is 43.3 Å². The fourth-order valence-corrected chi connectivity index (χ4v) is 2.14. The molecule has 0 aliphatic carbocycles. The molecule has 0 aromatic heterocycles. The van der Waals surface area contributed by atoms with Gasteiger partial charge in [0.15, 0.2) is 0 Å². The minimum Gasteiger partial charge on any atom is -0.497 e. The van der Waals surface area contributed by atoms with Crippen LogP contribution in [0.3, 0.4) is 0 Å². The largest absolute Gasteiger partial charge is 0.497 e. The maximum absolute atomic E-state index is 5.93. The van der Waals surface area contributed by atoms with Gasteiger partial charge >= 0.3 is 0 Å². The number of halogens is 1. The van der Waals surface area contributed by atoms with Crippen molar-refractivity contribution >= 4 is 15.9 Å². The number of rotatable bonds is 4. The van der Waals surface area contributed by atoms with E-state index in [1.54, 1.807) is 7.11 Å². The standard InChI is InChI=1S/C15H15BrO2/c1-11(12-6-4-3-5-7-12)18-15-9-8-13(17-2)10-14(15)16/h3-11H,1-2H3. The normalized spacial score (nSPS) is 11.9. The molecule has 0 radical (unpaired) electrons. The van der Waals surface area contributed by atoms with Crippen LogP contribution in [0.25, 0.3) is 0 Å². The molecule has 2 nitrogen and oxygen atoms in total. The van der Waals surface area contributed by atoms with Crippen LogP contribution in [0.2, 0.25) is 0 Å². The maximum atomic E-state index is 5.93. The molecule has 0 N–H and O–H groups in total. The molecule has 2 aromatic rings. The number of hydrogen-bond acceptors (Lipinski definition) is 2. The first-order valence-electron chi connectivity index (χ1n) is 5.76. The molecule has 18 heavy (non-hydrogen) atoms. The Kier molecular flexibility index (Phi) is 4.26. The molecule has 2 aromatic carbocycles. The van der Waals surface area contributed by atoms with Gasteiger partial charge in [0.25, 0.3) is 0 Å².